The van der Waals surface area contributed by atoms with Crippen LogP contribution in [0.4, 0.5) is 0 Å². The van der Waals surface area contributed by atoms with Crippen molar-refractivity contribution in [1.82, 2.24) is 0 Å². The molecule has 0 atom stereocenters. The number of hydrogen-bond acceptors (Lipinski definition) is 1. The second-order valence-corrected chi connectivity index (χ2v) is 2.32. The number of hydrogen-bond donors (Lipinski definition) is 0. The number of methoxy groups -OCH3 is 1. The Balaban J connectivity index is 2.52. The molecule has 0 aromatic heterocycles. The van der Waals surface area contributed by atoms with Crippen LogP contribution in [-0.4, -0.2) is 7.11 Å². The summed E-state index contributed by atoms with van der Waals surface area (Å²) >= 11 is 0. The van der Waals surface area contributed by atoms with Gasteiger partial charge in [0.1, 0.15) is 5.75 Å². The minimum absolute atomic E-state index is 1.03. The van der Waals surface area contributed by atoms with E-state index in [-0.39, 0.29) is 0 Å². The van der Waals surface area contributed by atoms with E-state index < -0.39 is 0 Å². The van der Waals surface area contributed by atoms with E-state index in [4.69, 9.17) is 4.74 Å². The van der Waals surface area contributed by atoms with Crippen molar-refractivity contribution in [3.05, 3.63) is 29.3 Å². The minimum atomic E-state index is 1.03. The lowest BCUT2D eigenvalue weighted by atomic mass is 9.92. The molecule has 0 amide bonds. The van der Waals surface area contributed by atoms with Gasteiger partial charge in [-0.05, 0) is 17.2 Å². The van der Waals surface area contributed by atoms with Crippen LogP contribution < -0.4 is 4.74 Å². The van der Waals surface area contributed by atoms with E-state index in [0.717, 1.165) is 12.2 Å². The molecule has 1 aromatic rings. The normalized spacial score (nSPS) is 12.6. The van der Waals surface area contributed by atoms with Crippen LogP contribution in [0.2, 0.25) is 0 Å². The van der Waals surface area contributed by atoms with Crippen LogP contribution in [0, 0.1) is 0 Å². The van der Waals surface area contributed by atoms with Crippen molar-refractivity contribution in [3.63, 3.8) is 0 Å². The van der Waals surface area contributed by atoms with Gasteiger partial charge in [-0.15, -0.1) is 0 Å². The van der Waals surface area contributed by atoms with E-state index in [1.165, 1.54) is 11.1 Å². The molecule has 1 nitrogen and oxygen atoms in total. The first-order valence-corrected chi connectivity index (χ1v) is 3.06. The molecule has 2 bridgehead atoms. The number of fused-ring (bicyclic) bond motifs is 2. The number of ether oxygens (including phenoxy) is 1. The highest BCUT2D eigenvalue weighted by molar-refractivity contribution is 5.47. The standard InChI is InChI=1S/C8H8O/c1-9-8-3-2-6-4-7(8)5-6/h2-4H,5H2,1H3. The summed E-state index contributed by atoms with van der Waals surface area (Å²) in [6, 6.07) is 6.29. The summed E-state index contributed by atoms with van der Waals surface area (Å²) in [6.45, 7) is 0. The van der Waals surface area contributed by atoms with Gasteiger partial charge in [-0.2, -0.15) is 0 Å². The summed E-state index contributed by atoms with van der Waals surface area (Å²) < 4.78 is 5.09. The zero-order valence-corrected chi connectivity index (χ0v) is 5.35. The van der Waals surface area contributed by atoms with Crippen LogP contribution in [0.25, 0.3) is 0 Å². The van der Waals surface area contributed by atoms with Gasteiger partial charge < -0.3 is 4.74 Å². The van der Waals surface area contributed by atoms with Crippen LogP contribution in [0.3, 0.4) is 0 Å². The predicted octanol–water partition coefficient (Wildman–Crippen LogP) is 1.60. The average Bonchev–Trinajstić information content (AvgIpc) is 1.86. The van der Waals surface area contributed by atoms with Crippen molar-refractivity contribution in [2.75, 3.05) is 7.11 Å². The van der Waals surface area contributed by atoms with Crippen molar-refractivity contribution in [1.29, 1.82) is 0 Å². The van der Waals surface area contributed by atoms with E-state index in [0.29, 0.717) is 0 Å². The molecule has 0 N–H and O–H groups in total. The monoisotopic (exact) mass is 120 g/mol. The largest absolute Gasteiger partial charge is 0.496 e. The van der Waals surface area contributed by atoms with Gasteiger partial charge in [-0.1, -0.05) is 12.1 Å². The fraction of sp³-hybridized carbons (Fsp3) is 0.250. The van der Waals surface area contributed by atoms with Gasteiger partial charge in [-0.3, -0.25) is 0 Å². The average molecular weight is 120 g/mol. The lowest BCUT2D eigenvalue weighted by Gasteiger charge is -2.17. The van der Waals surface area contributed by atoms with Crippen molar-refractivity contribution in [2.24, 2.45) is 0 Å². The van der Waals surface area contributed by atoms with E-state index in [1.54, 1.807) is 7.11 Å². The third kappa shape index (κ3) is 0.545. The van der Waals surface area contributed by atoms with Crippen molar-refractivity contribution >= 4 is 0 Å². The van der Waals surface area contributed by atoms with Gasteiger partial charge in [0.15, 0.2) is 0 Å². The maximum Gasteiger partial charge on any atom is 0.122 e. The SMILES string of the molecule is COc1ccc2cc1C2. The molecule has 9 heavy (non-hydrogen) atoms. The molecule has 0 aliphatic heterocycles. The molecule has 0 unspecified atom stereocenters. The first-order valence-electron chi connectivity index (χ1n) is 3.06. The van der Waals surface area contributed by atoms with Crippen molar-refractivity contribution in [3.8, 4) is 5.75 Å². The summed E-state index contributed by atoms with van der Waals surface area (Å²) in [7, 11) is 1.71. The number of benzene rings is 1. The van der Waals surface area contributed by atoms with Crippen molar-refractivity contribution < 1.29 is 4.74 Å². The molecular weight excluding hydrogens is 112 g/mol. The van der Waals surface area contributed by atoms with Crippen molar-refractivity contribution in [2.45, 2.75) is 6.42 Å². The molecule has 0 fully saturated rings. The van der Waals surface area contributed by atoms with Crippen LogP contribution in [0.5, 0.6) is 5.75 Å². The van der Waals surface area contributed by atoms with Crippen LogP contribution >= 0.6 is 0 Å². The fourth-order valence-electron chi connectivity index (χ4n) is 1.17. The molecule has 0 saturated carbocycles. The quantitative estimate of drug-likeness (QED) is 0.555. The molecule has 3 rings (SSSR count). The Morgan fingerprint density at radius 3 is 2.56 bits per heavy atom. The van der Waals surface area contributed by atoms with Gasteiger partial charge in [0.2, 0.25) is 0 Å². The highest BCUT2D eigenvalue weighted by Gasteiger charge is 2.12. The lowest BCUT2D eigenvalue weighted by molar-refractivity contribution is 0.408. The third-order valence-electron chi connectivity index (χ3n) is 1.74. The summed E-state index contributed by atoms with van der Waals surface area (Å²) in [5.74, 6) is 1.03. The Bertz CT molecular complexity index is 237. The Hall–Kier alpha value is -0.980. The van der Waals surface area contributed by atoms with Gasteiger partial charge in [-0.25, -0.2) is 0 Å². The van der Waals surface area contributed by atoms with Crippen LogP contribution in [0.15, 0.2) is 18.2 Å². The lowest BCUT2D eigenvalue weighted by Crippen LogP contribution is -2.02. The van der Waals surface area contributed by atoms with Gasteiger partial charge >= 0.3 is 0 Å². The fourth-order valence-corrected chi connectivity index (χ4v) is 1.17. The Kier molecular flexibility index (Phi) is 0.810. The third-order valence-corrected chi connectivity index (χ3v) is 1.74. The van der Waals surface area contributed by atoms with E-state index in [2.05, 4.69) is 12.1 Å². The molecule has 0 heterocycles. The second-order valence-electron chi connectivity index (χ2n) is 2.32. The summed E-state index contributed by atoms with van der Waals surface area (Å²) in [4.78, 5) is 0. The summed E-state index contributed by atoms with van der Waals surface area (Å²) in [6.07, 6.45) is 1.11. The second kappa shape index (κ2) is 1.50. The summed E-state index contributed by atoms with van der Waals surface area (Å²) in [5, 5.41) is 0. The number of rotatable bonds is 1. The molecule has 2 aliphatic rings. The molecule has 2 aliphatic carbocycles. The molecule has 46 valence electrons. The Morgan fingerprint density at radius 1 is 1.44 bits per heavy atom. The van der Waals surface area contributed by atoms with Gasteiger partial charge in [0, 0.05) is 6.42 Å². The van der Waals surface area contributed by atoms with Gasteiger partial charge in [0.05, 0.1) is 7.11 Å². The molecule has 0 radical (unpaired) electrons. The Morgan fingerprint density at radius 2 is 2.22 bits per heavy atom. The molecule has 0 saturated heterocycles. The van der Waals surface area contributed by atoms with Crippen LogP contribution in [-0.2, 0) is 6.42 Å². The Labute approximate surface area is 54.3 Å². The first kappa shape index (κ1) is 4.86. The topological polar surface area (TPSA) is 9.23 Å². The zero-order chi connectivity index (χ0) is 6.27. The molecule has 0 spiro atoms. The highest BCUT2D eigenvalue weighted by Crippen LogP contribution is 2.30. The van der Waals surface area contributed by atoms with E-state index >= 15 is 0 Å². The molecular formula is C8H8O. The first-order chi connectivity index (χ1) is 4.40. The van der Waals surface area contributed by atoms with Crippen LogP contribution in [0.1, 0.15) is 11.1 Å². The molecule has 1 heteroatoms. The zero-order valence-electron chi connectivity index (χ0n) is 5.35. The maximum absolute atomic E-state index is 5.09. The van der Waals surface area contributed by atoms with E-state index in [1.807, 2.05) is 6.07 Å². The minimum Gasteiger partial charge on any atom is -0.496 e. The summed E-state index contributed by atoms with van der Waals surface area (Å²) in [5.41, 5.74) is 2.76. The maximum atomic E-state index is 5.09. The highest BCUT2D eigenvalue weighted by atomic mass is 16.5. The van der Waals surface area contributed by atoms with E-state index in [9.17, 15) is 0 Å². The van der Waals surface area contributed by atoms with Gasteiger partial charge in [0.25, 0.3) is 0 Å². The predicted molar refractivity (Wildman–Crippen MR) is 35.8 cm³/mol. The molecule has 1 aromatic carbocycles. The smallest absolute Gasteiger partial charge is 0.122 e.